The molecule has 106 valence electrons. The third kappa shape index (κ3) is 3.39. The van der Waals surface area contributed by atoms with Gasteiger partial charge in [0.25, 0.3) is 0 Å². The van der Waals surface area contributed by atoms with Gasteiger partial charge in [-0.05, 0) is 37.5 Å². The zero-order chi connectivity index (χ0) is 13.9. The SMILES string of the molecule is COc1cc(C(C)N)ccc1OCC1(O)CCCC1. The summed E-state index contributed by atoms with van der Waals surface area (Å²) >= 11 is 0. The highest BCUT2D eigenvalue weighted by Crippen LogP contribution is 2.33. The lowest BCUT2D eigenvalue weighted by atomic mass is 10.0. The van der Waals surface area contributed by atoms with Crippen LogP contribution in [0.1, 0.15) is 44.2 Å². The standard InChI is InChI=1S/C15H23NO3/c1-11(16)12-5-6-13(14(9-12)18-2)19-10-15(17)7-3-4-8-15/h5-6,9,11,17H,3-4,7-8,10,16H2,1-2H3. The maximum absolute atomic E-state index is 10.3. The molecule has 1 aliphatic rings. The molecule has 0 radical (unpaired) electrons. The second-order valence-corrected chi connectivity index (χ2v) is 5.42. The molecule has 1 aliphatic carbocycles. The van der Waals surface area contributed by atoms with Gasteiger partial charge in [-0.25, -0.2) is 0 Å². The number of rotatable bonds is 5. The monoisotopic (exact) mass is 265 g/mol. The number of aliphatic hydroxyl groups is 1. The first-order valence-corrected chi connectivity index (χ1v) is 6.83. The van der Waals surface area contributed by atoms with Crippen molar-refractivity contribution < 1.29 is 14.6 Å². The van der Waals surface area contributed by atoms with Crippen LogP contribution in [0.5, 0.6) is 11.5 Å². The summed E-state index contributed by atoms with van der Waals surface area (Å²) in [6.07, 6.45) is 3.77. The minimum absolute atomic E-state index is 0.0398. The van der Waals surface area contributed by atoms with Gasteiger partial charge >= 0.3 is 0 Å². The van der Waals surface area contributed by atoms with Crippen LogP contribution in [0.25, 0.3) is 0 Å². The molecule has 4 heteroatoms. The highest BCUT2D eigenvalue weighted by atomic mass is 16.5. The largest absolute Gasteiger partial charge is 0.493 e. The summed E-state index contributed by atoms with van der Waals surface area (Å²) in [6, 6.07) is 5.64. The van der Waals surface area contributed by atoms with Crippen LogP contribution in [-0.4, -0.2) is 24.4 Å². The van der Waals surface area contributed by atoms with Gasteiger partial charge in [-0.2, -0.15) is 0 Å². The smallest absolute Gasteiger partial charge is 0.161 e. The molecule has 1 saturated carbocycles. The molecule has 1 aromatic rings. The molecular weight excluding hydrogens is 242 g/mol. The Kier molecular flexibility index (Phi) is 4.32. The predicted octanol–water partition coefficient (Wildman–Crippen LogP) is 2.40. The van der Waals surface area contributed by atoms with E-state index in [-0.39, 0.29) is 6.04 Å². The lowest BCUT2D eigenvalue weighted by molar-refractivity contribution is 0.000727. The Morgan fingerprint density at radius 1 is 1.32 bits per heavy atom. The maximum Gasteiger partial charge on any atom is 0.161 e. The quantitative estimate of drug-likeness (QED) is 0.858. The second-order valence-electron chi connectivity index (χ2n) is 5.42. The molecule has 0 bridgehead atoms. The molecule has 19 heavy (non-hydrogen) atoms. The van der Waals surface area contributed by atoms with E-state index in [0.717, 1.165) is 31.2 Å². The third-order valence-electron chi connectivity index (χ3n) is 3.74. The van der Waals surface area contributed by atoms with Crippen LogP contribution in [0.2, 0.25) is 0 Å². The fourth-order valence-corrected chi connectivity index (χ4v) is 2.48. The Labute approximate surface area is 114 Å². The van der Waals surface area contributed by atoms with Crippen LogP contribution in [0.15, 0.2) is 18.2 Å². The van der Waals surface area contributed by atoms with Gasteiger partial charge in [-0.3, -0.25) is 0 Å². The van der Waals surface area contributed by atoms with Gasteiger partial charge < -0.3 is 20.3 Å². The van der Waals surface area contributed by atoms with Gasteiger partial charge in [0.15, 0.2) is 11.5 Å². The van der Waals surface area contributed by atoms with E-state index in [0.29, 0.717) is 18.1 Å². The number of benzene rings is 1. The first kappa shape index (κ1) is 14.2. The van der Waals surface area contributed by atoms with Gasteiger partial charge in [0, 0.05) is 6.04 Å². The zero-order valence-electron chi connectivity index (χ0n) is 11.7. The number of ether oxygens (including phenoxy) is 2. The fraction of sp³-hybridized carbons (Fsp3) is 0.600. The molecule has 0 saturated heterocycles. The normalized spacial score (nSPS) is 19.2. The summed E-state index contributed by atoms with van der Waals surface area (Å²) in [5.41, 5.74) is 6.17. The van der Waals surface area contributed by atoms with E-state index < -0.39 is 5.60 Å². The average molecular weight is 265 g/mol. The molecule has 1 fully saturated rings. The minimum atomic E-state index is -0.676. The average Bonchev–Trinajstić information content (AvgIpc) is 2.83. The van der Waals surface area contributed by atoms with Crippen molar-refractivity contribution in [1.29, 1.82) is 0 Å². The van der Waals surface area contributed by atoms with Crippen molar-refractivity contribution in [3.63, 3.8) is 0 Å². The number of nitrogens with two attached hydrogens (primary N) is 1. The molecule has 2 rings (SSSR count). The molecule has 1 unspecified atom stereocenters. The maximum atomic E-state index is 10.3. The molecule has 0 spiro atoms. The van der Waals surface area contributed by atoms with E-state index >= 15 is 0 Å². The molecule has 0 heterocycles. The Hall–Kier alpha value is -1.26. The summed E-state index contributed by atoms with van der Waals surface area (Å²) in [4.78, 5) is 0. The number of hydrogen-bond acceptors (Lipinski definition) is 4. The molecule has 0 aromatic heterocycles. The minimum Gasteiger partial charge on any atom is -0.493 e. The lowest BCUT2D eigenvalue weighted by Gasteiger charge is -2.23. The van der Waals surface area contributed by atoms with Gasteiger partial charge in [0.05, 0.1) is 12.7 Å². The Balaban J connectivity index is 2.07. The molecule has 1 aromatic carbocycles. The van der Waals surface area contributed by atoms with Crippen molar-refractivity contribution >= 4 is 0 Å². The van der Waals surface area contributed by atoms with Crippen molar-refractivity contribution in [2.24, 2.45) is 5.73 Å². The Morgan fingerprint density at radius 2 is 2.00 bits per heavy atom. The lowest BCUT2D eigenvalue weighted by Crippen LogP contribution is -2.32. The van der Waals surface area contributed by atoms with E-state index in [9.17, 15) is 5.11 Å². The summed E-state index contributed by atoms with van der Waals surface area (Å²) < 4.78 is 11.1. The van der Waals surface area contributed by atoms with E-state index in [1.165, 1.54) is 0 Å². The van der Waals surface area contributed by atoms with Crippen molar-refractivity contribution in [1.82, 2.24) is 0 Å². The molecule has 0 aliphatic heterocycles. The topological polar surface area (TPSA) is 64.7 Å². The van der Waals surface area contributed by atoms with Crippen LogP contribution < -0.4 is 15.2 Å². The van der Waals surface area contributed by atoms with E-state index in [1.54, 1.807) is 7.11 Å². The van der Waals surface area contributed by atoms with Crippen LogP contribution in [-0.2, 0) is 0 Å². The van der Waals surface area contributed by atoms with Crippen LogP contribution in [0, 0.1) is 0 Å². The number of hydrogen-bond donors (Lipinski definition) is 2. The van der Waals surface area contributed by atoms with Gasteiger partial charge in [0.2, 0.25) is 0 Å². The van der Waals surface area contributed by atoms with Gasteiger partial charge in [0.1, 0.15) is 6.61 Å². The van der Waals surface area contributed by atoms with E-state index in [4.69, 9.17) is 15.2 Å². The molecule has 4 nitrogen and oxygen atoms in total. The van der Waals surface area contributed by atoms with E-state index in [1.807, 2.05) is 25.1 Å². The Morgan fingerprint density at radius 3 is 2.58 bits per heavy atom. The number of methoxy groups -OCH3 is 1. The Bertz CT molecular complexity index is 425. The van der Waals surface area contributed by atoms with Gasteiger partial charge in [-0.15, -0.1) is 0 Å². The summed E-state index contributed by atoms with van der Waals surface area (Å²) in [5, 5.41) is 10.3. The van der Waals surface area contributed by atoms with Gasteiger partial charge in [-0.1, -0.05) is 18.9 Å². The van der Waals surface area contributed by atoms with Crippen molar-refractivity contribution in [2.75, 3.05) is 13.7 Å². The molecule has 3 N–H and O–H groups in total. The van der Waals surface area contributed by atoms with Crippen LogP contribution >= 0.6 is 0 Å². The fourth-order valence-electron chi connectivity index (χ4n) is 2.48. The van der Waals surface area contributed by atoms with Crippen LogP contribution in [0.3, 0.4) is 0 Å². The van der Waals surface area contributed by atoms with Crippen molar-refractivity contribution in [3.05, 3.63) is 23.8 Å². The summed E-state index contributed by atoms with van der Waals surface area (Å²) in [7, 11) is 1.61. The first-order chi connectivity index (χ1) is 9.04. The summed E-state index contributed by atoms with van der Waals surface area (Å²) in [6.45, 7) is 2.25. The van der Waals surface area contributed by atoms with Crippen molar-refractivity contribution in [2.45, 2.75) is 44.2 Å². The zero-order valence-corrected chi connectivity index (χ0v) is 11.7. The molecule has 0 amide bonds. The second kappa shape index (κ2) is 5.80. The van der Waals surface area contributed by atoms with E-state index in [2.05, 4.69) is 0 Å². The third-order valence-corrected chi connectivity index (χ3v) is 3.74. The molecular formula is C15H23NO3. The highest BCUT2D eigenvalue weighted by molar-refractivity contribution is 5.43. The highest BCUT2D eigenvalue weighted by Gasteiger charge is 2.32. The predicted molar refractivity (Wildman–Crippen MR) is 74.5 cm³/mol. The molecule has 1 atom stereocenters. The first-order valence-electron chi connectivity index (χ1n) is 6.83. The summed E-state index contributed by atoms with van der Waals surface area (Å²) in [5.74, 6) is 1.32. The van der Waals surface area contributed by atoms with Crippen molar-refractivity contribution in [3.8, 4) is 11.5 Å². The van der Waals surface area contributed by atoms with Crippen LogP contribution in [0.4, 0.5) is 0 Å².